The molecule has 2 rings (SSSR count). The summed E-state index contributed by atoms with van der Waals surface area (Å²) >= 11 is 0. The standard InChI is InChI=1S/C14H20O3/c1-9(2)17-12-7-5-11(6-8-12)14(16)13(15)10-3-4-10/h5-10,13-16H,3-4H2,1-2H3. The number of hydrogen-bond donors (Lipinski definition) is 2. The summed E-state index contributed by atoms with van der Waals surface area (Å²) in [6, 6.07) is 7.29. The van der Waals surface area contributed by atoms with E-state index in [4.69, 9.17) is 4.74 Å². The van der Waals surface area contributed by atoms with Crippen molar-refractivity contribution in [2.45, 2.75) is 45.0 Å². The van der Waals surface area contributed by atoms with Crippen molar-refractivity contribution < 1.29 is 14.9 Å². The van der Waals surface area contributed by atoms with Gasteiger partial charge < -0.3 is 14.9 Å². The minimum Gasteiger partial charge on any atom is -0.491 e. The van der Waals surface area contributed by atoms with Gasteiger partial charge in [0.2, 0.25) is 0 Å². The molecular weight excluding hydrogens is 216 g/mol. The number of benzene rings is 1. The summed E-state index contributed by atoms with van der Waals surface area (Å²) in [6.07, 6.45) is 0.768. The lowest BCUT2D eigenvalue weighted by molar-refractivity contribution is 0.00481. The predicted molar refractivity (Wildman–Crippen MR) is 65.9 cm³/mol. The molecule has 94 valence electrons. The first-order valence-electron chi connectivity index (χ1n) is 6.20. The molecule has 1 aromatic carbocycles. The maximum absolute atomic E-state index is 9.98. The molecule has 1 fully saturated rings. The van der Waals surface area contributed by atoms with Crippen LogP contribution in [0.25, 0.3) is 0 Å². The SMILES string of the molecule is CC(C)Oc1ccc(C(O)C(O)C2CC2)cc1. The molecule has 0 aliphatic heterocycles. The fraction of sp³-hybridized carbons (Fsp3) is 0.571. The summed E-state index contributed by atoms with van der Waals surface area (Å²) in [5.74, 6) is 1.06. The number of rotatable bonds is 5. The minimum atomic E-state index is -0.782. The average Bonchev–Trinajstić information content (AvgIpc) is 3.11. The normalized spacial score (nSPS) is 19.1. The van der Waals surface area contributed by atoms with Crippen molar-refractivity contribution in [2.75, 3.05) is 0 Å². The monoisotopic (exact) mass is 236 g/mol. The molecule has 1 saturated carbocycles. The first-order valence-corrected chi connectivity index (χ1v) is 6.20. The van der Waals surface area contributed by atoms with E-state index in [2.05, 4.69) is 0 Å². The quantitative estimate of drug-likeness (QED) is 0.824. The van der Waals surface area contributed by atoms with E-state index in [-0.39, 0.29) is 12.0 Å². The van der Waals surface area contributed by atoms with Gasteiger partial charge in [-0.3, -0.25) is 0 Å². The molecule has 1 aliphatic carbocycles. The summed E-state index contributed by atoms with van der Waals surface area (Å²) in [7, 11) is 0. The highest BCUT2D eigenvalue weighted by molar-refractivity contribution is 5.29. The highest BCUT2D eigenvalue weighted by Gasteiger charge is 2.34. The van der Waals surface area contributed by atoms with E-state index in [0.29, 0.717) is 0 Å². The van der Waals surface area contributed by atoms with Crippen LogP contribution in [-0.4, -0.2) is 22.4 Å². The van der Waals surface area contributed by atoms with Crippen molar-refractivity contribution >= 4 is 0 Å². The maximum Gasteiger partial charge on any atom is 0.119 e. The molecule has 3 heteroatoms. The van der Waals surface area contributed by atoms with Crippen LogP contribution in [0, 0.1) is 5.92 Å². The van der Waals surface area contributed by atoms with Gasteiger partial charge in [-0.25, -0.2) is 0 Å². The van der Waals surface area contributed by atoms with Crippen molar-refractivity contribution in [3.63, 3.8) is 0 Å². The van der Waals surface area contributed by atoms with E-state index in [1.165, 1.54) is 0 Å². The van der Waals surface area contributed by atoms with E-state index < -0.39 is 12.2 Å². The Bertz CT molecular complexity index is 354. The van der Waals surface area contributed by atoms with Crippen molar-refractivity contribution in [1.29, 1.82) is 0 Å². The second kappa shape index (κ2) is 5.07. The second-order valence-corrected chi connectivity index (χ2v) is 5.01. The molecule has 2 atom stereocenters. The highest BCUT2D eigenvalue weighted by atomic mass is 16.5. The maximum atomic E-state index is 9.98. The average molecular weight is 236 g/mol. The van der Waals surface area contributed by atoms with Crippen LogP contribution in [0.2, 0.25) is 0 Å². The smallest absolute Gasteiger partial charge is 0.119 e. The lowest BCUT2D eigenvalue weighted by Gasteiger charge is -2.18. The Morgan fingerprint density at radius 1 is 1.12 bits per heavy atom. The third-order valence-corrected chi connectivity index (χ3v) is 3.02. The molecule has 0 spiro atoms. The summed E-state index contributed by atoms with van der Waals surface area (Å²) in [6.45, 7) is 3.94. The molecule has 0 amide bonds. The molecule has 17 heavy (non-hydrogen) atoms. The van der Waals surface area contributed by atoms with Crippen LogP contribution in [0.1, 0.15) is 38.4 Å². The Morgan fingerprint density at radius 2 is 1.71 bits per heavy atom. The number of ether oxygens (including phenoxy) is 1. The Hall–Kier alpha value is -1.06. The van der Waals surface area contributed by atoms with Gasteiger partial charge in [0, 0.05) is 0 Å². The number of hydrogen-bond acceptors (Lipinski definition) is 3. The largest absolute Gasteiger partial charge is 0.491 e. The first kappa shape index (κ1) is 12.4. The van der Waals surface area contributed by atoms with Gasteiger partial charge >= 0.3 is 0 Å². The Balaban J connectivity index is 2.01. The van der Waals surface area contributed by atoms with E-state index in [0.717, 1.165) is 24.2 Å². The lowest BCUT2D eigenvalue weighted by Crippen LogP contribution is -2.20. The summed E-state index contributed by atoms with van der Waals surface area (Å²) in [4.78, 5) is 0. The van der Waals surface area contributed by atoms with Gasteiger partial charge in [0.05, 0.1) is 12.2 Å². The molecule has 0 bridgehead atoms. The van der Waals surface area contributed by atoms with Crippen molar-refractivity contribution in [3.8, 4) is 5.75 Å². The predicted octanol–water partition coefficient (Wildman–Crippen LogP) is 2.28. The summed E-state index contributed by atoms with van der Waals surface area (Å²) in [5.41, 5.74) is 0.750. The van der Waals surface area contributed by atoms with Gasteiger partial charge in [-0.2, -0.15) is 0 Å². The summed E-state index contributed by atoms with van der Waals surface area (Å²) < 4.78 is 5.53. The van der Waals surface area contributed by atoms with Crippen molar-refractivity contribution in [2.24, 2.45) is 5.92 Å². The van der Waals surface area contributed by atoms with Gasteiger partial charge in [0.1, 0.15) is 11.9 Å². The lowest BCUT2D eigenvalue weighted by atomic mass is 10.0. The highest BCUT2D eigenvalue weighted by Crippen LogP contribution is 2.38. The van der Waals surface area contributed by atoms with Crippen LogP contribution >= 0.6 is 0 Å². The van der Waals surface area contributed by atoms with Crippen LogP contribution in [0.5, 0.6) is 5.75 Å². The second-order valence-electron chi connectivity index (χ2n) is 5.01. The third kappa shape index (κ3) is 3.20. The molecule has 1 aromatic rings. The zero-order chi connectivity index (χ0) is 12.4. The fourth-order valence-electron chi connectivity index (χ4n) is 1.91. The molecular formula is C14H20O3. The van der Waals surface area contributed by atoms with E-state index >= 15 is 0 Å². The van der Waals surface area contributed by atoms with Crippen LogP contribution in [0.3, 0.4) is 0 Å². The van der Waals surface area contributed by atoms with Gasteiger partial charge in [-0.15, -0.1) is 0 Å². The Labute approximate surface area is 102 Å². The molecule has 0 saturated heterocycles. The van der Waals surface area contributed by atoms with Gasteiger partial charge in [0.25, 0.3) is 0 Å². The van der Waals surface area contributed by atoms with Crippen molar-refractivity contribution in [1.82, 2.24) is 0 Å². The summed E-state index contributed by atoms with van der Waals surface area (Å²) in [5, 5.41) is 19.8. The minimum absolute atomic E-state index is 0.142. The Kier molecular flexibility index (Phi) is 3.69. The van der Waals surface area contributed by atoms with E-state index in [1.807, 2.05) is 38.1 Å². The fourth-order valence-corrected chi connectivity index (χ4v) is 1.91. The van der Waals surface area contributed by atoms with Gasteiger partial charge in [0.15, 0.2) is 0 Å². The molecule has 2 unspecified atom stereocenters. The van der Waals surface area contributed by atoms with Crippen LogP contribution in [-0.2, 0) is 0 Å². The molecule has 0 heterocycles. The third-order valence-electron chi connectivity index (χ3n) is 3.02. The van der Waals surface area contributed by atoms with Crippen LogP contribution in [0.15, 0.2) is 24.3 Å². The Morgan fingerprint density at radius 3 is 2.18 bits per heavy atom. The zero-order valence-electron chi connectivity index (χ0n) is 10.3. The zero-order valence-corrected chi connectivity index (χ0v) is 10.3. The molecule has 0 aromatic heterocycles. The van der Waals surface area contributed by atoms with E-state index in [9.17, 15) is 10.2 Å². The first-order chi connectivity index (χ1) is 8.08. The topological polar surface area (TPSA) is 49.7 Å². The molecule has 2 N–H and O–H groups in total. The number of aliphatic hydroxyl groups is 2. The van der Waals surface area contributed by atoms with Crippen LogP contribution < -0.4 is 4.74 Å². The van der Waals surface area contributed by atoms with Gasteiger partial charge in [-0.1, -0.05) is 12.1 Å². The molecule has 3 nitrogen and oxygen atoms in total. The molecule has 1 aliphatic rings. The van der Waals surface area contributed by atoms with Gasteiger partial charge in [-0.05, 0) is 50.3 Å². The van der Waals surface area contributed by atoms with Crippen molar-refractivity contribution in [3.05, 3.63) is 29.8 Å². The number of aliphatic hydroxyl groups excluding tert-OH is 2. The van der Waals surface area contributed by atoms with E-state index in [1.54, 1.807) is 0 Å². The molecule has 0 radical (unpaired) electrons. The van der Waals surface area contributed by atoms with Crippen LogP contribution in [0.4, 0.5) is 0 Å².